The fraction of sp³-hybridized carbons (Fsp3) is 0.0149. The van der Waals surface area contributed by atoms with Crippen molar-refractivity contribution in [2.75, 3.05) is 0 Å². The maximum Gasteiger partial charge on any atom is 0.0737 e. The van der Waals surface area contributed by atoms with Gasteiger partial charge in [-0.3, -0.25) is 0 Å². The van der Waals surface area contributed by atoms with Gasteiger partial charge in [0.25, 0.3) is 0 Å². The molecule has 67 heavy (non-hydrogen) atoms. The second kappa shape index (κ2) is 13.7. The van der Waals surface area contributed by atoms with Gasteiger partial charge in [0.05, 0.1) is 5.41 Å². The van der Waals surface area contributed by atoms with Crippen LogP contribution in [0.15, 0.2) is 243 Å². The van der Waals surface area contributed by atoms with Crippen LogP contribution in [0, 0.1) is 0 Å². The van der Waals surface area contributed by atoms with E-state index in [0.29, 0.717) is 0 Å². The zero-order valence-corrected chi connectivity index (χ0v) is 36.6. The van der Waals surface area contributed by atoms with Gasteiger partial charge in [0, 0.05) is 0 Å². The molecule has 0 heteroatoms. The second-order valence-corrected chi connectivity index (χ2v) is 18.5. The summed E-state index contributed by atoms with van der Waals surface area (Å²) in [6, 6.07) is 91.4. The number of rotatable bonds is 3. The third-order valence-electron chi connectivity index (χ3n) is 15.4. The molecule has 0 aromatic heterocycles. The average molecular weight is 845 g/mol. The Bertz CT molecular complexity index is 4160. The Balaban J connectivity index is 1.02. The molecule has 0 bridgehead atoms. The highest BCUT2D eigenvalue weighted by Gasteiger charge is 2.53. The highest BCUT2D eigenvalue weighted by molar-refractivity contribution is 6.25. The molecule has 2 aliphatic rings. The van der Waals surface area contributed by atoms with Crippen LogP contribution in [0.25, 0.3) is 120 Å². The summed E-state index contributed by atoms with van der Waals surface area (Å²) in [7, 11) is 0. The second-order valence-electron chi connectivity index (χ2n) is 18.5. The van der Waals surface area contributed by atoms with Crippen LogP contribution in [-0.2, 0) is 5.41 Å². The molecular formula is C67H40. The Labute approximate surface area is 388 Å². The third-order valence-corrected chi connectivity index (χ3v) is 15.4. The molecule has 0 unspecified atom stereocenters. The Morgan fingerprint density at radius 2 is 0.657 bits per heavy atom. The molecule has 0 N–H and O–H groups in total. The minimum atomic E-state index is -0.512. The number of hydrogen-bond acceptors (Lipinski definition) is 0. The molecule has 0 saturated carbocycles. The summed E-state index contributed by atoms with van der Waals surface area (Å²) in [5, 5.41) is 15.3. The molecule has 0 aliphatic heterocycles. The van der Waals surface area contributed by atoms with Crippen LogP contribution in [0.3, 0.4) is 0 Å². The molecule has 0 saturated heterocycles. The van der Waals surface area contributed by atoms with Crippen molar-refractivity contribution in [3.63, 3.8) is 0 Å². The van der Waals surface area contributed by atoms with E-state index < -0.39 is 5.41 Å². The van der Waals surface area contributed by atoms with Gasteiger partial charge >= 0.3 is 0 Å². The molecular weight excluding hydrogens is 805 g/mol. The fourth-order valence-electron chi connectivity index (χ4n) is 12.9. The van der Waals surface area contributed by atoms with Crippen molar-refractivity contribution >= 4 is 64.6 Å². The smallest absolute Gasteiger partial charge is 0.0622 e. The summed E-state index contributed by atoms with van der Waals surface area (Å²) in [6.45, 7) is 0. The van der Waals surface area contributed by atoms with E-state index in [4.69, 9.17) is 0 Å². The van der Waals surface area contributed by atoms with E-state index >= 15 is 0 Å². The largest absolute Gasteiger partial charge is 0.0737 e. The van der Waals surface area contributed by atoms with Crippen LogP contribution in [-0.4, -0.2) is 0 Å². The van der Waals surface area contributed by atoms with Gasteiger partial charge in [-0.15, -0.1) is 0 Å². The summed E-state index contributed by atoms with van der Waals surface area (Å²) in [5.41, 5.74) is 17.9. The molecule has 13 aromatic rings. The zero-order chi connectivity index (χ0) is 43.8. The van der Waals surface area contributed by atoms with Crippen molar-refractivity contribution in [1.82, 2.24) is 0 Å². The van der Waals surface area contributed by atoms with E-state index in [-0.39, 0.29) is 0 Å². The van der Waals surface area contributed by atoms with Crippen LogP contribution in [0.2, 0.25) is 0 Å². The first-order valence-corrected chi connectivity index (χ1v) is 23.5. The minimum absolute atomic E-state index is 0.512. The molecule has 15 rings (SSSR count). The predicted molar refractivity (Wildman–Crippen MR) is 284 cm³/mol. The molecule has 2 aliphatic carbocycles. The topological polar surface area (TPSA) is 0 Å². The lowest BCUT2D eigenvalue weighted by molar-refractivity contribution is 0.809. The average Bonchev–Trinajstić information content (AvgIpc) is 3.88. The molecule has 0 atom stereocenters. The van der Waals surface area contributed by atoms with E-state index in [0.717, 1.165) is 0 Å². The monoisotopic (exact) mass is 844 g/mol. The number of benzene rings is 13. The van der Waals surface area contributed by atoms with Crippen LogP contribution in [0.1, 0.15) is 22.3 Å². The quantitative estimate of drug-likeness (QED) is 0.123. The molecule has 0 fully saturated rings. The summed E-state index contributed by atoms with van der Waals surface area (Å²) >= 11 is 0. The van der Waals surface area contributed by atoms with Crippen LogP contribution in [0.5, 0.6) is 0 Å². The lowest BCUT2D eigenvalue weighted by Gasteiger charge is -2.32. The Hall–Kier alpha value is -8.58. The van der Waals surface area contributed by atoms with Crippen molar-refractivity contribution in [2.24, 2.45) is 0 Å². The standard InChI is InChI=1S/C67H40/c1-2-18-41(19-3-1)44-38-39-57(47-21-5-4-20-46(44)47)63-55-29-11-9-27-53(55)62(54-28-10-12-30-56(54)63)43-35-36-45-42(40-43)34-37-59-64-52-26-8-6-22-48(52)49-23-7-13-31-58(49)66(64)67(65(45)59)60-32-16-14-24-50(60)51-25-15-17-33-61(51)67/h1-40H. The summed E-state index contributed by atoms with van der Waals surface area (Å²) in [5.74, 6) is 0. The summed E-state index contributed by atoms with van der Waals surface area (Å²) < 4.78 is 0. The van der Waals surface area contributed by atoms with E-state index in [2.05, 4.69) is 243 Å². The molecule has 1 spiro atoms. The molecule has 13 aromatic carbocycles. The maximum atomic E-state index is 2.48. The first-order valence-electron chi connectivity index (χ1n) is 23.5. The van der Waals surface area contributed by atoms with Crippen molar-refractivity contribution < 1.29 is 0 Å². The van der Waals surface area contributed by atoms with E-state index in [1.54, 1.807) is 0 Å². The van der Waals surface area contributed by atoms with E-state index in [9.17, 15) is 0 Å². The van der Waals surface area contributed by atoms with Crippen LogP contribution >= 0.6 is 0 Å². The van der Waals surface area contributed by atoms with Gasteiger partial charge in [-0.1, -0.05) is 237 Å². The first kappa shape index (κ1) is 36.7. The van der Waals surface area contributed by atoms with Gasteiger partial charge < -0.3 is 0 Å². The fourth-order valence-corrected chi connectivity index (χ4v) is 12.9. The third kappa shape index (κ3) is 4.81. The minimum Gasteiger partial charge on any atom is -0.0622 e. The molecule has 0 heterocycles. The van der Waals surface area contributed by atoms with E-state index in [1.807, 2.05) is 0 Å². The van der Waals surface area contributed by atoms with Crippen LogP contribution < -0.4 is 0 Å². The van der Waals surface area contributed by atoms with Gasteiger partial charge in [-0.2, -0.15) is 0 Å². The van der Waals surface area contributed by atoms with Gasteiger partial charge in [0.15, 0.2) is 0 Å². The van der Waals surface area contributed by atoms with E-state index in [1.165, 1.54) is 143 Å². The van der Waals surface area contributed by atoms with Gasteiger partial charge in [0.2, 0.25) is 0 Å². The van der Waals surface area contributed by atoms with Crippen molar-refractivity contribution in [3.8, 4) is 55.6 Å². The molecule has 0 radical (unpaired) electrons. The normalized spacial score (nSPS) is 13.2. The molecule has 308 valence electrons. The van der Waals surface area contributed by atoms with Crippen molar-refractivity contribution in [3.05, 3.63) is 265 Å². The number of fused-ring (bicyclic) bond motifs is 20. The zero-order valence-electron chi connectivity index (χ0n) is 36.6. The molecule has 0 nitrogen and oxygen atoms in total. The SMILES string of the molecule is c1ccc(-c2ccc(-c3c4ccccc4c(-c4ccc5c6c(ccc5c4)-c4c(c5ccccc5c5ccccc45)C64c5ccccc5-c5ccccc54)c4ccccc34)c3ccccc23)cc1. The van der Waals surface area contributed by atoms with Gasteiger partial charge in [0.1, 0.15) is 0 Å². The Kier molecular flexibility index (Phi) is 7.52. The molecule has 0 amide bonds. The highest BCUT2D eigenvalue weighted by atomic mass is 14.5. The Morgan fingerprint density at radius 3 is 1.28 bits per heavy atom. The highest BCUT2D eigenvalue weighted by Crippen LogP contribution is 2.66. The lowest BCUT2D eigenvalue weighted by Crippen LogP contribution is -2.26. The lowest BCUT2D eigenvalue weighted by atomic mass is 9.68. The van der Waals surface area contributed by atoms with Crippen molar-refractivity contribution in [2.45, 2.75) is 5.41 Å². The van der Waals surface area contributed by atoms with Gasteiger partial charge in [-0.05, 0) is 149 Å². The maximum absolute atomic E-state index is 2.48. The summed E-state index contributed by atoms with van der Waals surface area (Å²) in [4.78, 5) is 0. The number of hydrogen-bond donors (Lipinski definition) is 0. The van der Waals surface area contributed by atoms with Crippen LogP contribution in [0.4, 0.5) is 0 Å². The predicted octanol–water partition coefficient (Wildman–Crippen LogP) is 18.0. The van der Waals surface area contributed by atoms with Gasteiger partial charge in [-0.25, -0.2) is 0 Å². The summed E-state index contributed by atoms with van der Waals surface area (Å²) in [6.07, 6.45) is 0. The Morgan fingerprint density at radius 1 is 0.209 bits per heavy atom. The van der Waals surface area contributed by atoms with Crippen molar-refractivity contribution in [1.29, 1.82) is 0 Å². The first-order chi connectivity index (χ1) is 33.3.